The van der Waals surface area contributed by atoms with E-state index in [1.54, 1.807) is 0 Å². The first-order valence-corrected chi connectivity index (χ1v) is 3.85. The lowest BCUT2D eigenvalue weighted by atomic mass is 10.0. The summed E-state index contributed by atoms with van der Waals surface area (Å²) >= 11 is 5.62. The zero-order valence-electron chi connectivity index (χ0n) is 5.95. The van der Waals surface area contributed by atoms with Crippen LogP contribution >= 0.6 is 11.6 Å². The maximum atomic E-state index is 12.8. The van der Waals surface area contributed by atoms with Crippen LogP contribution in [0, 0.1) is 0 Å². The van der Waals surface area contributed by atoms with Crippen molar-refractivity contribution in [2.75, 3.05) is 0 Å². The highest BCUT2D eigenvalue weighted by Crippen LogP contribution is 2.28. The molecule has 0 heterocycles. The third-order valence-electron chi connectivity index (χ3n) is 1.71. The molecule has 1 aliphatic carbocycles. The molecule has 0 N–H and O–H groups in total. The third-order valence-corrected chi connectivity index (χ3v) is 2.01. The molecule has 0 bridgehead atoms. The van der Waals surface area contributed by atoms with E-state index in [0.717, 1.165) is 24.8 Å². The van der Waals surface area contributed by atoms with E-state index in [9.17, 15) is 4.39 Å². The van der Waals surface area contributed by atoms with Crippen LogP contribution in [0.2, 0.25) is 0 Å². The van der Waals surface area contributed by atoms with E-state index in [2.05, 4.69) is 0 Å². The standard InChI is InChI=1S/C8H10ClF/c1-2-6-3-4-7(9)5-8(6)10/h5H,2-4H2,1H3. The molecule has 0 aliphatic heterocycles. The summed E-state index contributed by atoms with van der Waals surface area (Å²) < 4.78 is 12.8. The highest BCUT2D eigenvalue weighted by atomic mass is 35.5. The molecule has 0 saturated heterocycles. The second-order valence-corrected chi connectivity index (χ2v) is 2.88. The molecule has 56 valence electrons. The van der Waals surface area contributed by atoms with Crippen molar-refractivity contribution >= 4 is 11.6 Å². The van der Waals surface area contributed by atoms with Gasteiger partial charge in [0.25, 0.3) is 0 Å². The number of hydrogen-bond donors (Lipinski definition) is 0. The first kappa shape index (κ1) is 7.80. The molecule has 1 aliphatic rings. The fourth-order valence-corrected chi connectivity index (χ4v) is 1.24. The Balaban J connectivity index is 2.80. The van der Waals surface area contributed by atoms with Crippen molar-refractivity contribution in [3.63, 3.8) is 0 Å². The van der Waals surface area contributed by atoms with Crippen LogP contribution < -0.4 is 0 Å². The maximum absolute atomic E-state index is 12.8. The van der Waals surface area contributed by atoms with Gasteiger partial charge in [0, 0.05) is 5.03 Å². The lowest BCUT2D eigenvalue weighted by Gasteiger charge is -2.09. The Labute approximate surface area is 65.4 Å². The lowest BCUT2D eigenvalue weighted by Crippen LogP contribution is -1.92. The molecule has 1 rings (SSSR count). The molecular formula is C8H10ClF. The van der Waals surface area contributed by atoms with Gasteiger partial charge in [0.05, 0.1) is 0 Å². The van der Waals surface area contributed by atoms with Crippen LogP contribution in [0.1, 0.15) is 26.2 Å². The van der Waals surface area contributed by atoms with Gasteiger partial charge in [0.2, 0.25) is 0 Å². The predicted octanol–water partition coefficient (Wildman–Crippen LogP) is 3.54. The van der Waals surface area contributed by atoms with Gasteiger partial charge < -0.3 is 0 Å². The number of allylic oxidation sites excluding steroid dienone is 4. The molecule has 0 unspecified atom stereocenters. The topological polar surface area (TPSA) is 0 Å². The predicted molar refractivity (Wildman–Crippen MR) is 41.6 cm³/mol. The summed E-state index contributed by atoms with van der Waals surface area (Å²) in [7, 11) is 0. The summed E-state index contributed by atoms with van der Waals surface area (Å²) in [5, 5.41) is 0.634. The molecule has 0 saturated carbocycles. The van der Waals surface area contributed by atoms with E-state index in [1.165, 1.54) is 6.08 Å². The molecule has 0 atom stereocenters. The maximum Gasteiger partial charge on any atom is 0.123 e. The number of halogens is 2. The van der Waals surface area contributed by atoms with Gasteiger partial charge in [0.15, 0.2) is 0 Å². The second-order valence-electron chi connectivity index (χ2n) is 2.40. The van der Waals surface area contributed by atoms with Gasteiger partial charge in [-0.05, 0) is 30.9 Å². The van der Waals surface area contributed by atoms with Crippen LogP contribution in [0.5, 0.6) is 0 Å². The second kappa shape index (κ2) is 3.20. The largest absolute Gasteiger partial charge is 0.207 e. The van der Waals surface area contributed by atoms with Crippen LogP contribution in [0.15, 0.2) is 22.5 Å². The molecular weight excluding hydrogens is 151 g/mol. The minimum Gasteiger partial charge on any atom is -0.207 e. The van der Waals surface area contributed by atoms with Gasteiger partial charge in [-0.1, -0.05) is 18.5 Å². The van der Waals surface area contributed by atoms with E-state index in [0.29, 0.717) is 5.03 Å². The van der Waals surface area contributed by atoms with E-state index in [-0.39, 0.29) is 5.83 Å². The fourth-order valence-electron chi connectivity index (χ4n) is 1.05. The first-order valence-electron chi connectivity index (χ1n) is 3.47. The fraction of sp³-hybridized carbons (Fsp3) is 0.500. The summed E-state index contributed by atoms with van der Waals surface area (Å²) in [6.07, 6.45) is 3.81. The summed E-state index contributed by atoms with van der Waals surface area (Å²) in [5.74, 6) is -0.126. The molecule has 0 radical (unpaired) electrons. The summed E-state index contributed by atoms with van der Waals surface area (Å²) in [5.41, 5.74) is 0.893. The van der Waals surface area contributed by atoms with E-state index in [1.807, 2.05) is 6.92 Å². The van der Waals surface area contributed by atoms with Crippen molar-refractivity contribution in [2.45, 2.75) is 26.2 Å². The Hall–Kier alpha value is -0.300. The van der Waals surface area contributed by atoms with Crippen LogP contribution in [0.3, 0.4) is 0 Å². The van der Waals surface area contributed by atoms with Crippen molar-refractivity contribution in [3.8, 4) is 0 Å². The van der Waals surface area contributed by atoms with Crippen molar-refractivity contribution < 1.29 is 4.39 Å². The van der Waals surface area contributed by atoms with Gasteiger partial charge in [-0.15, -0.1) is 0 Å². The summed E-state index contributed by atoms with van der Waals surface area (Å²) in [6, 6.07) is 0. The number of rotatable bonds is 1. The smallest absolute Gasteiger partial charge is 0.123 e. The molecule has 0 fully saturated rings. The minimum absolute atomic E-state index is 0.126. The summed E-state index contributed by atoms with van der Waals surface area (Å²) in [4.78, 5) is 0. The molecule has 0 aromatic carbocycles. The Bertz CT molecular complexity index is 191. The van der Waals surface area contributed by atoms with Gasteiger partial charge in [0.1, 0.15) is 5.83 Å². The van der Waals surface area contributed by atoms with Crippen LogP contribution in [-0.2, 0) is 0 Å². The van der Waals surface area contributed by atoms with E-state index in [4.69, 9.17) is 11.6 Å². The van der Waals surface area contributed by atoms with E-state index >= 15 is 0 Å². The Morgan fingerprint density at radius 3 is 2.80 bits per heavy atom. The molecule has 2 heteroatoms. The lowest BCUT2D eigenvalue weighted by molar-refractivity contribution is 0.625. The van der Waals surface area contributed by atoms with Crippen LogP contribution in [0.4, 0.5) is 4.39 Å². The monoisotopic (exact) mass is 160 g/mol. The summed E-state index contributed by atoms with van der Waals surface area (Å²) in [6.45, 7) is 1.96. The SMILES string of the molecule is CCC1=C(F)C=C(Cl)CC1. The normalized spacial score (nSPS) is 19.3. The van der Waals surface area contributed by atoms with Gasteiger partial charge in [-0.25, -0.2) is 4.39 Å². The van der Waals surface area contributed by atoms with Crippen molar-refractivity contribution in [1.29, 1.82) is 0 Å². The van der Waals surface area contributed by atoms with Gasteiger partial charge in [-0.3, -0.25) is 0 Å². The first-order chi connectivity index (χ1) is 4.74. The van der Waals surface area contributed by atoms with Crippen molar-refractivity contribution in [3.05, 3.63) is 22.5 Å². The number of hydrogen-bond acceptors (Lipinski definition) is 0. The minimum atomic E-state index is -0.126. The molecule has 10 heavy (non-hydrogen) atoms. The average Bonchev–Trinajstić information content (AvgIpc) is 1.88. The molecule has 0 aromatic rings. The Kier molecular flexibility index (Phi) is 2.50. The van der Waals surface area contributed by atoms with E-state index < -0.39 is 0 Å². The zero-order chi connectivity index (χ0) is 7.56. The quantitative estimate of drug-likeness (QED) is 0.551. The zero-order valence-corrected chi connectivity index (χ0v) is 6.71. The van der Waals surface area contributed by atoms with Crippen molar-refractivity contribution in [2.24, 2.45) is 0 Å². The Morgan fingerprint density at radius 2 is 2.30 bits per heavy atom. The van der Waals surface area contributed by atoms with Crippen LogP contribution in [0.25, 0.3) is 0 Å². The highest BCUT2D eigenvalue weighted by molar-refractivity contribution is 6.29. The Morgan fingerprint density at radius 1 is 1.60 bits per heavy atom. The third kappa shape index (κ3) is 1.60. The molecule has 0 spiro atoms. The molecule has 0 amide bonds. The molecule has 0 aromatic heterocycles. The average molecular weight is 161 g/mol. The molecule has 0 nitrogen and oxygen atoms in total. The van der Waals surface area contributed by atoms with Gasteiger partial charge in [-0.2, -0.15) is 0 Å². The van der Waals surface area contributed by atoms with Crippen molar-refractivity contribution in [1.82, 2.24) is 0 Å². The van der Waals surface area contributed by atoms with Crippen LogP contribution in [-0.4, -0.2) is 0 Å². The van der Waals surface area contributed by atoms with Gasteiger partial charge >= 0.3 is 0 Å². The highest BCUT2D eigenvalue weighted by Gasteiger charge is 2.09.